The largest absolute Gasteiger partial charge is 0.465 e. The third-order valence-corrected chi connectivity index (χ3v) is 6.10. The third-order valence-electron chi connectivity index (χ3n) is 5.13. The molecule has 0 unspecified atom stereocenters. The highest BCUT2D eigenvalue weighted by Crippen LogP contribution is 2.35. The van der Waals surface area contributed by atoms with Gasteiger partial charge in [0.25, 0.3) is 0 Å². The van der Waals surface area contributed by atoms with Crippen molar-refractivity contribution in [2.24, 2.45) is 0 Å². The van der Waals surface area contributed by atoms with Crippen molar-refractivity contribution >= 4 is 29.0 Å². The Morgan fingerprint density at radius 3 is 2.69 bits per heavy atom. The maximum absolute atomic E-state index is 13.8. The minimum atomic E-state index is -0.491. The Balaban J connectivity index is 1.62. The molecule has 5 aromatic rings. The van der Waals surface area contributed by atoms with Crippen LogP contribution >= 0.6 is 11.9 Å². The van der Waals surface area contributed by atoms with Crippen LogP contribution in [0.4, 0.5) is 4.39 Å². The number of methoxy groups -OCH3 is 1. The summed E-state index contributed by atoms with van der Waals surface area (Å²) < 4.78 is 20.8. The summed E-state index contributed by atoms with van der Waals surface area (Å²) in [5, 5.41) is 0.930. The zero-order valence-electron chi connectivity index (χ0n) is 17.1. The highest BCUT2D eigenvalue weighted by Gasteiger charge is 2.20. The van der Waals surface area contributed by atoms with Gasteiger partial charge in [-0.1, -0.05) is 30.3 Å². The summed E-state index contributed by atoms with van der Waals surface area (Å²) in [4.78, 5) is 21.4. The Morgan fingerprint density at radius 1 is 1.06 bits per heavy atom. The van der Waals surface area contributed by atoms with Crippen LogP contribution in [0.25, 0.3) is 33.5 Å². The predicted molar refractivity (Wildman–Crippen MR) is 124 cm³/mol. The zero-order valence-corrected chi connectivity index (χ0v) is 17.9. The number of hydrogen-bond donors (Lipinski definition) is 1. The van der Waals surface area contributed by atoms with Gasteiger partial charge in [0, 0.05) is 39.5 Å². The van der Waals surface area contributed by atoms with Crippen LogP contribution < -0.4 is 0 Å². The number of nitrogens with one attached hydrogen (secondary N) is 1. The van der Waals surface area contributed by atoms with E-state index in [2.05, 4.69) is 9.97 Å². The molecule has 7 heteroatoms. The molecule has 0 aliphatic carbocycles. The first-order valence-electron chi connectivity index (χ1n) is 9.91. The average molecular weight is 444 g/mol. The number of H-pyrrole nitrogens is 1. The fraction of sp³-hybridized carbons (Fsp3) is 0.0400. The molecule has 5 rings (SSSR count). The lowest BCUT2D eigenvalue weighted by molar-refractivity contribution is 0.0602. The summed E-state index contributed by atoms with van der Waals surface area (Å²) in [5.41, 5.74) is 3.83. The molecular formula is C25H18FN3O2S. The Kier molecular flexibility index (Phi) is 5.25. The standard InChI is InChI=1S/C25H18FN3O2S/c1-31-25(30)21-15-22(28-23(21)16-6-5-7-17(26)14-16)19-10-12-27-24-20(19)11-13-29(24)32-18-8-3-2-4-9-18/h2-15,28H,1H3. The van der Waals surface area contributed by atoms with E-state index in [-0.39, 0.29) is 5.82 Å². The highest BCUT2D eigenvalue weighted by molar-refractivity contribution is 7.98. The maximum Gasteiger partial charge on any atom is 0.340 e. The summed E-state index contributed by atoms with van der Waals surface area (Å²) in [6.07, 6.45) is 3.71. The van der Waals surface area contributed by atoms with Gasteiger partial charge in [-0.2, -0.15) is 0 Å². The summed E-state index contributed by atoms with van der Waals surface area (Å²) in [7, 11) is 1.33. The number of rotatable bonds is 5. The van der Waals surface area contributed by atoms with Crippen molar-refractivity contribution in [2.75, 3.05) is 7.11 Å². The summed E-state index contributed by atoms with van der Waals surface area (Å²) in [5.74, 6) is -0.870. The van der Waals surface area contributed by atoms with Gasteiger partial charge in [-0.05, 0) is 54.4 Å². The molecule has 1 N–H and O–H groups in total. The summed E-state index contributed by atoms with van der Waals surface area (Å²) in [6.45, 7) is 0. The van der Waals surface area contributed by atoms with Gasteiger partial charge in [0.2, 0.25) is 0 Å². The molecule has 0 saturated carbocycles. The number of aromatic nitrogens is 3. The van der Waals surface area contributed by atoms with E-state index in [1.807, 2.05) is 52.6 Å². The second kappa shape index (κ2) is 8.36. The van der Waals surface area contributed by atoms with E-state index in [0.717, 1.165) is 27.2 Å². The molecule has 5 nitrogen and oxygen atoms in total. The molecule has 0 bridgehead atoms. The molecule has 3 heterocycles. The predicted octanol–water partition coefficient (Wildman–Crippen LogP) is 6.18. The topological polar surface area (TPSA) is 59.9 Å². The maximum atomic E-state index is 13.8. The number of pyridine rings is 1. The van der Waals surface area contributed by atoms with Gasteiger partial charge in [0.15, 0.2) is 5.65 Å². The molecule has 0 atom stereocenters. The second-order valence-corrected chi connectivity index (χ2v) is 8.16. The van der Waals surface area contributed by atoms with Gasteiger partial charge < -0.3 is 9.72 Å². The molecule has 2 aromatic carbocycles. The molecule has 0 saturated heterocycles. The number of benzene rings is 2. The number of nitrogens with zero attached hydrogens (tertiary/aromatic N) is 2. The number of halogens is 1. The van der Waals surface area contributed by atoms with Gasteiger partial charge in [-0.3, -0.25) is 3.97 Å². The molecule has 0 radical (unpaired) electrons. The van der Waals surface area contributed by atoms with E-state index in [4.69, 9.17) is 4.74 Å². The molecule has 158 valence electrons. The van der Waals surface area contributed by atoms with Crippen LogP contribution in [0.15, 0.2) is 90.1 Å². The average Bonchev–Trinajstić information content (AvgIpc) is 3.44. The van der Waals surface area contributed by atoms with Crippen LogP contribution in [-0.4, -0.2) is 27.0 Å². The van der Waals surface area contributed by atoms with Crippen LogP contribution in [0, 0.1) is 5.82 Å². The lowest BCUT2D eigenvalue weighted by atomic mass is 10.1. The van der Waals surface area contributed by atoms with Crippen molar-refractivity contribution in [3.8, 4) is 22.5 Å². The van der Waals surface area contributed by atoms with E-state index in [0.29, 0.717) is 16.8 Å². The SMILES string of the molecule is COC(=O)c1cc(-c2ccnc3c2ccn3Sc2ccccc2)[nH]c1-c1cccc(F)c1. The minimum absolute atomic E-state index is 0.344. The molecule has 0 amide bonds. The van der Waals surface area contributed by atoms with Gasteiger partial charge in [0.1, 0.15) is 5.82 Å². The van der Waals surface area contributed by atoms with Crippen molar-refractivity contribution in [3.63, 3.8) is 0 Å². The van der Waals surface area contributed by atoms with Crippen LogP contribution in [-0.2, 0) is 4.74 Å². The third kappa shape index (κ3) is 3.67. The fourth-order valence-electron chi connectivity index (χ4n) is 3.66. The Hall–Kier alpha value is -3.84. The monoisotopic (exact) mass is 443 g/mol. The molecule has 0 fully saturated rings. The van der Waals surface area contributed by atoms with Crippen molar-refractivity contribution in [1.29, 1.82) is 0 Å². The first-order valence-corrected chi connectivity index (χ1v) is 10.7. The fourth-order valence-corrected chi connectivity index (χ4v) is 4.52. The first kappa shape index (κ1) is 20.1. The number of esters is 1. The smallest absolute Gasteiger partial charge is 0.340 e. The number of carbonyl (C=O) groups excluding carboxylic acids is 1. The lowest BCUT2D eigenvalue weighted by Crippen LogP contribution is -2.01. The van der Waals surface area contributed by atoms with Gasteiger partial charge >= 0.3 is 5.97 Å². The van der Waals surface area contributed by atoms with Gasteiger partial charge in [0.05, 0.1) is 18.4 Å². The molecule has 3 aromatic heterocycles. The molecular weight excluding hydrogens is 425 g/mol. The molecule has 0 aliphatic heterocycles. The number of carbonyl (C=O) groups is 1. The number of fused-ring (bicyclic) bond motifs is 1. The first-order chi connectivity index (χ1) is 15.6. The van der Waals surface area contributed by atoms with E-state index >= 15 is 0 Å². The van der Waals surface area contributed by atoms with Crippen molar-refractivity contribution in [2.45, 2.75) is 4.90 Å². The second-order valence-electron chi connectivity index (χ2n) is 7.12. The molecule has 0 spiro atoms. The number of aromatic amines is 1. The van der Waals surface area contributed by atoms with Gasteiger partial charge in [-0.15, -0.1) is 0 Å². The van der Waals surface area contributed by atoms with Crippen molar-refractivity contribution in [1.82, 2.24) is 13.9 Å². The molecule has 32 heavy (non-hydrogen) atoms. The minimum Gasteiger partial charge on any atom is -0.465 e. The van der Waals surface area contributed by atoms with E-state index in [1.54, 1.807) is 36.3 Å². The number of ether oxygens (including phenoxy) is 1. The summed E-state index contributed by atoms with van der Waals surface area (Å²) in [6, 6.07) is 21.8. The van der Waals surface area contributed by atoms with E-state index in [1.165, 1.54) is 19.2 Å². The van der Waals surface area contributed by atoms with Crippen LogP contribution in [0.2, 0.25) is 0 Å². The van der Waals surface area contributed by atoms with E-state index in [9.17, 15) is 9.18 Å². The Labute approximate surface area is 188 Å². The van der Waals surface area contributed by atoms with Crippen molar-refractivity contribution < 1.29 is 13.9 Å². The zero-order chi connectivity index (χ0) is 22.1. The van der Waals surface area contributed by atoms with Gasteiger partial charge in [-0.25, -0.2) is 14.2 Å². The number of hydrogen-bond acceptors (Lipinski definition) is 4. The van der Waals surface area contributed by atoms with E-state index < -0.39 is 5.97 Å². The Bertz CT molecular complexity index is 1430. The van der Waals surface area contributed by atoms with Crippen LogP contribution in [0.1, 0.15) is 10.4 Å². The summed E-state index contributed by atoms with van der Waals surface area (Å²) >= 11 is 1.57. The quantitative estimate of drug-likeness (QED) is 0.330. The normalized spacial score (nSPS) is 11.1. The van der Waals surface area contributed by atoms with Crippen molar-refractivity contribution in [3.05, 3.63) is 96.6 Å². The van der Waals surface area contributed by atoms with Crippen LogP contribution in [0.3, 0.4) is 0 Å². The molecule has 0 aliphatic rings. The van der Waals surface area contributed by atoms with Crippen LogP contribution in [0.5, 0.6) is 0 Å². The Morgan fingerprint density at radius 2 is 1.91 bits per heavy atom. The lowest BCUT2D eigenvalue weighted by Gasteiger charge is -2.05. The highest BCUT2D eigenvalue weighted by atomic mass is 32.2.